The molecule has 0 saturated carbocycles. The molecule has 0 aliphatic heterocycles. The number of benzene rings is 3. The first kappa shape index (κ1) is 20.1. The maximum absolute atomic E-state index is 11.2. The summed E-state index contributed by atoms with van der Waals surface area (Å²) in [7, 11) is 0. The maximum Gasteiger partial charge on any atom is 0.134 e. The van der Waals surface area contributed by atoms with Gasteiger partial charge in [-0.05, 0) is 68.7 Å². The highest BCUT2D eigenvalue weighted by Crippen LogP contribution is 2.38. The highest BCUT2D eigenvalue weighted by molar-refractivity contribution is 9.10. The number of thiophene rings is 1. The lowest BCUT2D eigenvalue weighted by Gasteiger charge is -2.18. The van der Waals surface area contributed by atoms with E-state index in [9.17, 15) is 5.11 Å². The Hall–Kier alpha value is -2.14. The van der Waals surface area contributed by atoms with Crippen LogP contribution in [0.4, 0.5) is 0 Å². The lowest BCUT2D eigenvalue weighted by atomic mass is 9.97. The number of aliphatic hydroxyl groups is 1. The summed E-state index contributed by atoms with van der Waals surface area (Å²) in [6, 6.07) is 24.6. The van der Waals surface area contributed by atoms with Crippen LogP contribution in [-0.4, -0.2) is 5.11 Å². The summed E-state index contributed by atoms with van der Waals surface area (Å²) >= 11 is 5.30. The molecule has 3 aromatic carbocycles. The summed E-state index contributed by atoms with van der Waals surface area (Å²) in [5, 5.41) is 12.3. The normalized spacial score (nSPS) is 12.2. The summed E-state index contributed by atoms with van der Waals surface area (Å²) in [4.78, 5) is 0.966. The van der Waals surface area contributed by atoms with Gasteiger partial charge in [0.05, 0.1) is 4.47 Å². The van der Waals surface area contributed by atoms with Crippen molar-refractivity contribution in [3.05, 3.63) is 98.8 Å². The molecule has 1 unspecified atom stereocenters. The lowest BCUT2D eigenvalue weighted by Crippen LogP contribution is -2.05. The Morgan fingerprint density at radius 1 is 1.00 bits per heavy atom. The third-order valence-corrected chi connectivity index (χ3v) is 6.75. The molecule has 0 amide bonds. The number of rotatable bonds is 7. The van der Waals surface area contributed by atoms with Crippen LogP contribution in [0.5, 0.6) is 5.75 Å². The second-order valence-electron chi connectivity index (χ2n) is 7.09. The standard InChI is InChI=1S/C25H23BrO2S/c1-2-8-18-13-22(28-16-17-9-4-3-5-10-17)21(26)15-20(18)25(27)24-14-19-11-6-7-12-23(19)29-24/h3-7,9-15,25,27H,2,8,16H2,1H3. The van der Waals surface area contributed by atoms with Gasteiger partial charge in [0.1, 0.15) is 18.5 Å². The SMILES string of the molecule is CCCc1cc(OCc2ccccc2)c(Br)cc1C(O)c1cc2ccccc2s1. The monoisotopic (exact) mass is 466 g/mol. The molecule has 4 heteroatoms. The smallest absolute Gasteiger partial charge is 0.134 e. The maximum atomic E-state index is 11.2. The average Bonchev–Trinajstić information content (AvgIpc) is 3.18. The largest absolute Gasteiger partial charge is 0.488 e. The summed E-state index contributed by atoms with van der Waals surface area (Å²) < 4.78 is 8.13. The van der Waals surface area contributed by atoms with Crippen LogP contribution in [0.1, 0.15) is 41.0 Å². The Labute approximate surface area is 183 Å². The lowest BCUT2D eigenvalue weighted by molar-refractivity contribution is 0.222. The highest BCUT2D eigenvalue weighted by atomic mass is 79.9. The Kier molecular flexibility index (Phi) is 6.34. The number of hydrogen-bond donors (Lipinski definition) is 1. The van der Waals surface area contributed by atoms with E-state index in [1.807, 2.05) is 36.4 Å². The summed E-state index contributed by atoms with van der Waals surface area (Å²) in [6.45, 7) is 2.67. The Balaban J connectivity index is 1.64. The minimum Gasteiger partial charge on any atom is -0.488 e. The van der Waals surface area contributed by atoms with Crippen molar-refractivity contribution in [2.24, 2.45) is 0 Å². The number of fused-ring (bicyclic) bond motifs is 1. The minimum atomic E-state index is -0.645. The van der Waals surface area contributed by atoms with Crippen LogP contribution < -0.4 is 4.74 Å². The van der Waals surface area contributed by atoms with E-state index in [2.05, 4.69) is 59.3 Å². The van der Waals surface area contributed by atoms with Gasteiger partial charge in [-0.15, -0.1) is 11.3 Å². The van der Waals surface area contributed by atoms with Crippen LogP contribution in [0.15, 0.2) is 77.3 Å². The van der Waals surface area contributed by atoms with Gasteiger partial charge >= 0.3 is 0 Å². The van der Waals surface area contributed by atoms with E-state index in [1.165, 1.54) is 10.1 Å². The van der Waals surface area contributed by atoms with E-state index < -0.39 is 6.10 Å². The molecule has 4 aromatic rings. The van der Waals surface area contributed by atoms with Crippen molar-refractivity contribution < 1.29 is 9.84 Å². The molecule has 0 spiro atoms. The molecular formula is C25H23BrO2S. The minimum absolute atomic E-state index is 0.517. The summed E-state index contributed by atoms with van der Waals surface area (Å²) in [5.74, 6) is 0.810. The van der Waals surface area contributed by atoms with Crippen molar-refractivity contribution in [2.75, 3.05) is 0 Å². The van der Waals surface area contributed by atoms with Gasteiger partial charge in [0.25, 0.3) is 0 Å². The van der Waals surface area contributed by atoms with Crippen LogP contribution in [0.2, 0.25) is 0 Å². The molecule has 4 rings (SSSR count). The van der Waals surface area contributed by atoms with Gasteiger partial charge in [-0.2, -0.15) is 0 Å². The molecule has 0 radical (unpaired) electrons. The molecule has 0 saturated heterocycles. The Morgan fingerprint density at radius 2 is 1.76 bits per heavy atom. The van der Waals surface area contributed by atoms with Crippen molar-refractivity contribution in [3.63, 3.8) is 0 Å². The van der Waals surface area contributed by atoms with E-state index >= 15 is 0 Å². The average molecular weight is 467 g/mol. The number of aliphatic hydroxyl groups excluding tert-OH is 1. The molecule has 1 heterocycles. The van der Waals surface area contributed by atoms with Crippen molar-refractivity contribution in [1.29, 1.82) is 0 Å². The zero-order chi connectivity index (χ0) is 20.2. The first-order chi connectivity index (χ1) is 14.2. The molecule has 1 aromatic heterocycles. The molecule has 2 nitrogen and oxygen atoms in total. The number of hydrogen-bond acceptors (Lipinski definition) is 3. The van der Waals surface area contributed by atoms with Crippen molar-refractivity contribution in [3.8, 4) is 5.75 Å². The zero-order valence-electron chi connectivity index (χ0n) is 16.3. The first-order valence-corrected chi connectivity index (χ1v) is 11.4. The predicted molar refractivity (Wildman–Crippen MR) is 125 cm³/mol. The van der Waals surface area contributed by atoms with Gasteiger partial charge in [-0.25, -0.2) is 0 Å². The predicted octanol–water partition coefficient (Wildman–Crippen LogP) is 7.28. The van der Waals surface area contributed by atoms with Crippen molar-refractivity contribution in [2.45, 2.75) is 32.5 Å². The molecule has 0 bridgehead atoms. The molecule has 0 aliphatic carbocycles. The number of aryl methyl sites for hydroxylation is 1. The van der Waals surface area contributed by atoms with E-state index in [0.29, 0.717) is 6.61 Å². The van der Waals surface area contributed by atoms with Gasteiger partial charge in [0.15, 0.2) is 0 Å². The van der Waals surface area contributed by atoms with E-state index in [1.54, 1.807) is 11.3 Å². The highest BCUT2D eigenvalue weighted by Gasteiger charge is 2.19. The fourth-order valence-corrected chi connectivity index (χ4v) is 5.03. The van der Waals surface area contributed by atoms with Crippen LogP contribution >= 0.6 is 27.3 Å². The summed E-state index contributed by atoms with van der Waals surface area (Å²) in [5.41, 5.74) is 3.20. The van der Waals surface area contributed by atoms with E-state index in [-0.39, 0.29) is 0 Å². The molecule has 29 heavy (non-hydrogen) atoms. The van der Waals surface area contributed by atoms with Crippen molar-refractivity contribution >= 4 is 37.4 Å². The van der Waals surface area contributed by atoms with Gasteiger partial charge in [0, 0.05) is 9.58 Å². The van der Waals surface area contributed by atoms with Crippen LogP contribution in [-0.2, 0) is 13.0 Å². The van der Waals surface area contributed by atoms with Crippen LogP contribution in [0.3, 0.4) is 0 Å². The van der Waals surface area contributed by atoms with Crippen LogP contribution in [0, 0.1) is 0 Å². The van der Waals surface area contributed by atoms with E-state index in [4.69, 9.17) is 4.74 Å². The fraction of sp³-hybridized carbons (Fsp3) is 0.200. The molecule has 148 valence electrons. The topological polar surface area (TPSA) is 29.5 Å². The second-order valence-corrected chi connectivity index (χ2v) is 9.06. The molecule has 1 N–H and O–H groups in total. The third-order valence-electron chi connectivity index (χ3n) is 4.96. The molecule has 1 atom stereocenters. The molecular weight excluding hydrogens is 444 g/mol. The van der Waals surface area contributed by atoms with Gasteiger partial charge in [0.2, 0.25) is 0 Å². The van der Waals surface area contributed by atoms with E-state index in [0.717, 1.165) is 44.6 Å². The molecule has 0 fully saturated rings. The first-order valence-electron chi connectivity index (χ1n) is 9.81. The number of ether oxygens (including phenoxy) is 1. The third kappa shape index (κ3) is 4.55. The number of halogens is 1. The quantitative estimate of drug-likeness (QED) is 0.310. The fourth-order valence-electron chi connectivity index (χ4n) is 3.49. The molecule has 0 aliphatic rings. The zero-order valence-corrected chi connectivity index (χ0v) is 18.7. The van der Waals surface area contributed by atoms with Crippen molar-refractivity contribution in [1.82, 2.24) is 0 Å². The van der Waals surface area contributed by atoms with Crippen LogP contribution in [0.25, 0.3) is 10.1 Å². The second kappa shape index (κ2) is 9.12. The van der Waals surface area contributed by atoms with Gasteiger partial charge in [-0.1, -0.05) is 61.9 Å². The summed E-state index contributed by atoms with van der Waals surface area (Å²) in [6.07, 6.45) is 1.26. The van der Waals surface area contributed by atoms with Gasteiger partial charge < -0.3 is 9.84 Å². The van der Waals surface area contributed by atoms with Gasteiger partial charge in [-0.3, -0.25) is 0 Å². The Morgan fingerprint density at radius 3 is 2.52 bits per heavy atom. The Bertz CT molecular complexity index is 1070.